The third-order valence-corrected chi connectivity index (χ3v) is 5.46. The van der Waals surface area contributed by atoms with Gasteiger partial charge in [0.25, 0.3) is 5.91 Å². The molecule has 0 aliphatic heterocycles. The number of hydrogen-bond acceptors (Lipinski definition) is 3. The third-order valence-electron chi connectivity index (χ3n) is 4.68. The van der Waals surface area contributed by atoms with Crippen molar-refractivity contribution in [1.82, 2.24) is 4.90 Å². The van der Waals surface area contributed by atoms with E-state index in [-0.39, 0.29) is 22.9 Å². The number of rotatable bonds is 3. The second kappa shape index (κ2) is 6.45. The van der Waals surface area contributed by atoms with Crippen LogP contribution in [0.25, 0.3) is 0 Å². The van der Waals surface area contributed by atoms with Gasteiger partial charge in [0, 0.05) is 36.5 Å². The maximum Gasteiger partial charge on any atom is 0.289 e. The Bertz CT molecular complexity index is 851. The van der Waals surface area contributed by atoms with Crippen molar-refractivity contribution in [3.05, 3.63) is 56.9 Å². The molecule has 1 amide bonds. The van der Waals surface area contributed by atoms with Crippen LogP contribution in [0, 0.1) is 12.3 Å². The molecule has 0 radical (unpaired) electrons. The molecule has 1 aromatic heterocycles. The van der Waals surface area contributed by atoms with Crippen molar-refractivity contribution in [2.45, 2.75) is 40.2 Å². The molecule has 25 heavy (non-hydrogen) atoms. The van der Waals surface area contributed by atoms with Crippen LogP contribution in [-0.4, -0.2) is 23.6 Å². The van der Waals surface area contributed by atoms with Gasteiger partial charge in [0.1, 0.15) is 5.76 Å². The van der Waals surface area contributed by atoms with E-state index in [2.05, 4.69) is 15.9 Å². The molecule has 0 bridgehead atoms. The van der Waals surface area contributed by atoms with Crippen LogP contribution >= 0.6 is 15.9 Å². The number of amides is 1. The van der Waals surface area contributed by atoms with E-state index in [1.54, 1.807) is 18.9 Å². The minimum Gasteiger partial charge on any atom is -0.455 e. The van der Waals surface area contributed by atoms with Crippen LogP contribution in [0.1, 0.15) is 58.1 Å². The molecule has 0 atom stereocenters. The number of ketones is 1. The molecule has 2 aromatic rings. The van der Waals surface area contributed by atoms with Crippen molar-refractivity contribution in [3.63, 3.8) is 0 Å². The first kappa shape index (κ1) is 17.9. The van der Waals surface area contributed by atoms with Gasteiger partial charge < -0.3 is 9.32 Å². The molecule has 1 heterocycles. The number of furan rings is 1. The Balaban J connectivity index is 1.88. The fourth-order valence-electron chi connectivity index (χ4n) is 3.41. The normalized spacial score (nSPS) is 15.8. The summed E-state index contributed by atoms with van der Waals surface area (Å²) in [5.74, 6) is 0.801. The molecule has 4 nitrogen and oxygen atoms in total. The molecule has 5 heteroatoms. The molecule has 1 aliphatic carbocycles. The number of halogens is 1. The van der Waals surface area contributed by atoms with Gasteiger partial charge in [-0.3, -0.25) is 9.59 Å². The van der Waals surface area contributed by atoms with Crippen LogP contribution in [0.3, 0.4) is 0 Å². The summed E-state index contributed by atoms with van der Waals surface area (Å²) in [4.78, 5) is 27.0. The van der Waals surface area contributed by atoms with Crippen LogP contribution in [0.15, 0.2) is 33.2 Å². The van der Waals surface area contributed by atoms with Crippen LogP contribution in [-0.2, 0) is 13.0 Å². The van der Waals surface area contributed by atoms with E-state index in [9.17, 15) is 9.59 Å². The van der Waals surface area contributed by atoms with Gasteiger partial charge >= 0.3 is 0 Å². The van der Waals surface area contributed by atoms with E-state index >= 15 is 0 Å². The van der Waals surface area contributed by atoms with Crippen LogP contribution < -0.4 is 0 Å². The molecule has 0 unspecified atom stereocenters. The highest BCUT2D eigenvalue weighted by Gasteiger charge is 2.37. The molecular formula is C20H22BrNO3. The van der Waals surface area contributed by atoms with Gasteiger partial charge in [-0.15, -0.1) is 0 Å². The molecular weight excluding hydrogens is 382 g/mol. The monoisotopic (exact) mass is 403 g/mol. The van der Waals surface area contributed by atoms with E-state index < -0.39 is 0 Å². The number of benzene rings is 1. The van der Waals surface area contributed by atoms with Crippen molar-refractivity contribution < 1.29 is 14.0 Å². The van der Waals surface area contributed by atoms with E-state index in [1.165, 1.54) is 0 Å². The number of Topliss-reactive ketones (excluding diaryl/α,β-unsaturated/α-hetero) is 1. The maximum absolute atomic E-state index is 12.9. The quantitative estimate of drug-likeness (QED) is 0.740. The predicted molar refractivity (Wildman–Crippen MR) is 99.8 cm³/mol. The molecule has 0 saturated carbocycles. The fraction of sp³-hybridized carbons (Fsp3) is 0.400. The Kier molecular flexibility index (Phi) is 4.62. The molecule has 0 spiro atoms. The second-order valence-corrected chi connectivity index (χ2v) is 8.40. The number of nitrogens with zero attached hydrogens (tertiary/aromatic N) is 1. The number of hydrogen-bond donors (Lipinski definition) is 0. The maximum atomic E-state index is 12.9. The Morgan fingerprint density at radius 1 is 1.28 bits per heavy atom. The van der Waals surface area contributed by atoms with Gasteiger partial charge in [0.2, 0.25) is 0 Å². The Labute approximate surface area is 156 Å². The highest BCUT2D eigenvalue weighted by Crippen LogP contribution is 2.38. The first-order chi connectivity index (χ1) is 11.7. The highest BCUT2D eigenvalue weighted by atomic mass is 79.9. The standard InChI is InChI=1S/C20H22BrNO3/c1-12-17-15(23)9-20(2,3)10-16(17)25-18(12)19(24)22(4)11-13-7-5-6-8-14(13)21/h5-8H,9-11H2,1-4H3. The second-order valence-electron chi connectivity index (χ2n) is 7.55. The molecule has 3 rings (SSSR count). The zero-order chi connectivity index (χ0) is 18.4. The predicted octanol–water partition coefficient (Wildman–Crippen LogP) is 4.78. The summed E-state index contributed by atoms with van der Waals surface area (Å²) in [5, 5.41) is 0. The summed E-state index contributed by atoms with van der Waals surface area (Å²) in [5.41, 5.74) is 2.16. The Hall–Kier alpha value is -1.88. The van der Waals surface area contributed by atoms with Crippen molar-refractivity contribution in [3.8, 4) is 0 Å². The summed E-state index contributed by atoms with van der Waals surface area (Å²) in [6, 6.07) is 7.80. The average Bonchev–Trinajstić information content (AvgIpc) is 2.84. The zero-order valence-corrected chi connectivity index (χ0v) is 16.6. The van der Waals surface area contributed by atoms with E-state index in [4.69, 9.17) is 4.42 Å². The van der Waals surface area contributed by atoms with Gasteiger partial charge in [0.05, 0.1) is 5.56 Å². The van der Waals surface area contributed by atoms with Crippen LogP contribution in [0.5, 0.6) is 0 Å². The first-order valence-electron chi connectivity index (χ1n) is 8.34. The van der Waals surface area contributed by atoms with Gasteiger partial charge in [-0.05, 0) is 24.0 Å². The van der Waals surface area contributed by atoms with Gasteiger partial charge in [-0.2, -0.15) is 0 Å². The van der Waals surface area contributed by atoms with E-state index in [0.717, 1.165) is 10.0 Å². The minimum atomic E-state index is -0.201. The van der Waals surface area contributed by atoms with Gasteiger partial charge in [-0.1, -0.05) is 48.0 Å². The summed E-state index contributed by atoms with van der Waals surface area (Å²) in [6.45, 7) is 6.36. The van der Waals surface area contributed by atoms with Crippen molar-refractivity contribution in [2.24, 2.45) is 5.41 Å². The lowest BCUT2D eigenvalue weighted by Gasteiger charge is -2.27. The Morgan fingerprint density at radius 2 is 1.96 bits per heavy atom. The highest BCUT2D eigenvalue weighted by molar-refractivity contribution is 9.10. The fourth-order valence-corrected chi connectivity index (χ4v) is 3.82. The van der Waals surface area contributed by atoms with Crippen molar-refractivity contribution >= 4 is 27.6 Å². The molecule has 132 valence electrons. The SMILES string of the molecule is Cc1c(C(=O)N(C)Cc2ccccc2Br)oc2c1C(=O)CC(C)(C)C2. The number of fused-ring (bicyclic) bond motifs is 1. The molecule has 0 N–H and O–H groups in total. The van der Waals surface area contributed by atoms with Crippen LogP contribution in [0.2, 0.25) is 0 Å². The van der Waals surface area contributed by atoms with Crippen molar-refractivity contribution in [1.29, 1.82) is 0 Å². The lowest BCUT2D eigenvalue weighted by Crippen LogP contribution is -2.27. The average molecular weight is 404 g/mol. The van der Waals surface area contributed by atoms with Gasteiger partial charge in [-0.25, -0.2) is 0 Å². The smallest absolute Gasteiger partial charge is 0.289 e. The summed E-state index contributed by atoms with van der Waals surface area (Å²) >= 11 is 3.51. The number of carbonyl (C=O) groups excluding carboxylic acids is 2. The number of carbonyl (C=O) groups is 2. The molecule has 0 fully saturated rings. The van der Waals surface area contributed by atoms with Crippen molar-refractivity contribution in [2.75, 3.05) is 7.05 Å². The topological polar surface area (TPSA) is 50.5 Å². The largest absolute Gasteiger partial charge is 0.455 e. The van der Waals surface area contributed by atoms with E-state index in [1.807, 2.05) is 38.1 Å². The zero-order valence-electron chi connectivity index (χ0n) is 15.0. The Morgan fingerprint density at radius 3 is 2.64 bits per heavy atom. The van der Waals surface area contributed by atoms with Gasteiger partial charge in [0.15, 0.2) is 11.5 Å². The lowest BCUT2D eigenvalue weighted by atomic mass is 9.76. The minimum absolute atomic E-state index is 0.0695. The third kappa shape index (κ3) is 3.43. The molecule has 1 aromatic carbocycles. The van der Waals surface area contributed by atoms with E-state index in [0.29, 0.717) is 36.3 Å². The lowest BCUT2D eigenvalue weighted by molar-refractivity contribution is 0.0746. The summed E-state index contributed by atoms with van der Waals surface area (Å²) < 4.78 is 6.83. The first-order valence-corrected chi connectivity index (χ1v) is 9.13. The summed E-state index contributed by atoms with van der Waals surface area (Å²) in [6.07, 6.45) is 1.16. The summed E-state index contributed by atoms with van der Waals surface area (Å²) in [7, 11) is 1.74. The molecule has 0 saturated heterocycles. The molecule has 1 aliphatic rings. The van der Waals surface area contributed by atoms with Crippen LogP contribution in [0.4, 0.5) is 0 Å².